The largest absolute Gasteiger partial charge is 0.382 e. The molecule has 1 saturated carbocycles. The molecule has 2 fully saturated rings. The van der Waals surface area contributed by atoms with E-state index in [4.69, 9.17) is 0 Å². The number of nitrogens with one attached hydrogen (secondary N) is 2. The minimum atomic E-state index is 0.0300. The highest BCUT2D eigenvalue weighted by molar-refractivity contribution is 7.14. The van der Waals surface area contributed by atoms with Crippen molar-refractivity contribution in [1.82, 2.24) is 15.2 Å². The molecule has 0 spiro atoms. The molecule has 1 aliphatic carbocycles. The number of pyridine rings is 1. The second kappa shape index (κ2) is 8.18. The summed E-state index contributed by atoms with van der Waals surface area (Å²) < 4.78 is 0. The quantitative estimate of drug-likeness (QED) is 0.730. The lowest BCUT2D eigenvalue weighted by atomic mass is 9.91. The molecule has 6 heteroatoms. The van der Waals surface area contributed by atoms with E-state index in [9.17, 15) is 4.79 Å². The number of hydrogen-bond donors (Lipinski definition) is 2. The van der Waals surface area contributed by atoms with Crippen LogP contribution in [0.15, 0.2) is 36.7 Å². The Morgan fingerprint density at radius 2 is 2.12 bits per heavy atom. The summed E-state index contributed by atoms with van der Waals surface area (Å²) >= 11 is 1.66. The van der Waals surface area contributed by atoms with Crippen molar-refractivity contribution in [3.8, 4) is 0 Å². The van der Waals surface area contributed by atoms with Crippen LogP contribution in [0, 0.1) is 0 Å². The molecule has 138 valence electrons. The van der Waals surface area contributed by atoms with Crippen molar-refractivity contribution < 1.29 is 4.79 Å². The van der Waals surface area contributed by atoms with E-state index in [2.05, 4.69) is 26.6 Å². The minimum absolute atomic E-state index is 0.0300. The smallest absolute Gasteiger partial charge is 0.261 e. The van der Waals surface area contributed by atoms with Gasteiger partial charge in [0.2, 0.25) is 0 Å². The maximum Gasteiger partial charge on any atom is 0.261 e. The van der Waals surface area contributed by atoms with Gasteiger partial charge in [0.05, 0.1) is 10.6 Å². The molecule has 2 aromatic rings. The molecule has 2 aromatic heterocycles. The maximum atomic E-state index is 12.4. The van der Waals surface area contributed by atoms with Crippen LogP contribution in [0.25, 0.3) is 0 Å². The third-order valence-electron chi connectivity index (χ3n) is 5.42. The van der Waals surface area contributed by atoms with Gasteiger partial charge in [-0.2, -0.15) is 0 Å². The van der Waals surface area contributed by atoms with Crippen molar-refractivity contribution >= 4 is 22.9 Å². The van der Waals surface area contributed by atoms with Gasteiger partial charge in [-0.15, -0.1) is 11.3 Å². The van der Waals surface area contributed by atoms with E-state index in [1.54, 1.807) is 23.7 Å². The Labute approximate surface area is 158 Å². The number of rotatable bonds is 7. The van der Waals surface area contributed by atoms with Crippen molar-refractivity contribution in [2.45, 2.75) is 44.2 Å². The van der Waals surface area contributed by atoms with Gasteiger partial charge in [-0.1, -0.05) is 6.42 Å². The topological polar surface area (TPSA) is 57.3 Å². The number of hydrogen-bond acceptors (Lipinski definition) is 5. The van der Waals surface area contributed by atoms with Gasteiger partial charge in [-0.05, 0) is 56.5 Å². The van der Waals surface area contributed by atoms with Crippen LogP contribution in [0.4, 0.5) is 5.69 Å². The zero-order chi connectivity index (χ0) is 17.8. The van der Waals surface area contributed by atoms with Crippen molar-refractivity contribution in [2.24, 2.45) is 0 Å². The number of thiophene rings is 1. The molecule has 0 radical (unpaired) electrons. The van der Waals surface area contributed by atoms with Gasteiger partial charge in [0.25, 0.3) is 5.91 Å². The van der Waals surface area contributed by atoms with Gasteiger partial charge in [-0.3, -0.25) is 14.7 Å². The molecule has 26 heavy (non-hydrogen) atoms. The van der Waals surface area contributed by atoms with Crippen molar-refractivity contribution in [2.75, 3.05) is 25.0 Å². The summed E-state index contributed by atoms with van der Waals surface area (Å²) in [6.45, 7) is 2.50. The van der Waals surface area contributed by atoms with Gasteiger partial charge in [0.1, 0.15) is 0 Å². The molecular weight excluding hydrogens is 344 g/mol. The number of amides is 1. The first kappa shape index (κ1) is 17.5. The van der Waals surface area contributed by atoms with E-state index >= 15 is 0 Å². The number of carbonyl (C=O) groups is 1. The molecule has 1 aliphatic heterocycles. The molecule has 2 aliphatic rings. The summed E-state index contributed by atoms with van der Waals surface area (Å²) in [4.78, 5) is 21.3. The third kappa shape index (κ3) is 3.91. The molecule has 1 atom stereocenters. The highest BCUT2D eigenvalue weighted by Crippen LogP contribution is 2.41. The number of anilines is 1. The molecule has 1 saturated heterocycles. The van der Waals surface area contributed by atoms with Crippen LogP contribution in [0.3, 0.4) is 0 Å². The van der Waals surface area contributed by atoms with Crippen LogP contribution < -0.4 is 10.6 Å². The van der Waals surface area contributed by atoms with E-state index in [1.165, 1.54) is 43.5 Å². The molecule has 0 unspecified atom stereocenters. The van der Waals surface area contributed by atoms with Crippen molar-refractivity contribution in [3.63, 3.8) is 0 Å². The normalized spacial score (nSPS) is 20.7. The second-order valence-corrected chi connectivity index (χ2v) is 8.22. The molecule has 2 N–H and O–H groups in total. The number of carbonyl (C=O) groups excluding carboxylic acids is 1. The number of aromatic nitrogens is 1. The molecule has 0 bridgehead atoms. The Bertz CT molecular complexity index is 728. The summed E-state index contributed by atoms with van der Waals surface area (Å²) in [5, 5.41) is 6.26. The van der Waals surface area contributed by atoms with E-state index in [-0.39, 0.29) is 5.91 Å². The van der Waals surface area contributed by atoms with Crippen LogP contribution in [0.5, 0.6) is 0 Å². The number of nitrogens with zero attached hydrogens (tertiary/aromatic N) is 2. The first-order valence-corrected chi connectivity index (χ1v) is 10.4. The van der Waals surface area contributed by atoms with Gasteiger partial charge in [0, 0.05) is 42.4 Å². The van der Waals surface area contributed by atoms with Crippen LogP contribution >= 0.6 is 11.3 Å². The first-order chi connectivity index (χ1) is 12.8. The average Bonchev–Trinajstić information content (AvgIpc) is 3.27. The van der Waals surface area contributed by atoms with Crippen LogP contribution in [-0.2, 0) is 0 Å². The monoisotopic (exact) mass is 370 g/mol. The van der Waals surface area contributed by atoms with Crippen LogP contribution in [0.1, 0.15) is 52.7 Å². The summed E-state index contributed by atoms with van der Waals surface area (Å²) in [6.07, 6.45) is 10.1. The highest BCUT2D eigenvalue weighted by Gasteiger charge is 2.35. The fraction of sp³-hybridized carbons (Fsp3) is 0.500. The SMILES string of the molecule is O=C(NCCNc1cccnc1)c1ccc([C@@H]2CCCN2C2CCC2)s1. The van der Waals surface area contributed by atoms with Gasteiger partial charge in [0.15, 0.2) is 0 Å². The third-order valence-corrected chi connectivity index (χ3v) is 6.60. The standard InChI is InChI=1S/C20H26N4OS/c25-20(23-12-11-22-15-4-2-10-21-14-15)19-9-8-18(26-19)17-7-3-13-24(17)16-5-1-6-16/h2,4,8-10,14,16-17,22H,1,3,5-7,11-13H2,(H,23,25)/t17-/m0/s1. The summed E-state index contributed by atoms with van der Waals surface area (Å²) in [6, 6.07) is 9.32. The van der Waals surface area contributed by atoms with E-state index in [1.807, 2.05) is 18.2 Å². The molecule has 1 amide bonds. The summed E-state index contributed by atoms with van der Waals surface area (Å²) in [5.41, 5.74) is 0.970. The fourth-order valence-electron chi connectivity index (χ4n) is 3.84. The van der Waals surface area contributed by atoms with Crippen LogP contribution in [0.2, 0.25) is 0 Å². The average molecular weight is 371 g/mol. The summed E-state index contributed by atoms with van der Waals surface area (Å²) in [7, 11) is 0. The summed E-state index contributed by atoms with van der Waals surface area (Å²) in [5.74, 6) is 0.0300. The maximum absolute atomic E-state index is 12.4. The molecule has 4 rings (SSSR count). The first-order valence-electron chi connectivity index (χ1n) is 9.59. The van der Waals surface area contributed by atoms with E-state index < -0.39 is 0 Å². The minimum Gasteiger partial charge on any atom is -0.382 e. The van der Waals surface area contributed by atoms with E-state index in [0.717, 1.165) is 16.6 Å². The lowest BCUT2D eigenvalue weighted by molar-refractivity contribution is 0.0959. The Morgan fingerprint density at radius 3 is 2.88 bits per heavy atom. The van der Waals surface area contributed by atoms with Crippen molar-refractivity contribution in [3.05, 3.63) is 46.4 Å². The van der Waals surface area contributed by atoms with E-state index in [0.29, 0.717) is 19.1 Å². The fourth-order valence-corrected chi connectivity index (χ4v) is 4.92. The zero-order valence-electron chi connectivity index (χ0n) is 15.0. The number of likely N-dealkylation sites (tertiary alicyclic amines) is 1. The lowest BCUT2D eigenvalue weighted by Gasteiger charge is -2.38. The Kier molecular flexibility index (Phi) is 5.51. The predicted octanol–water partition coefficient (Wildman–Crippen LogP) is 3.67. The zero-order valence-corrected chi connectivity index (χ0v) is 15.8. The lowest BCUT2D eigenvalue weighted by Crippen LogP contribution is -2.39. The molecule has 5 nitrogen and oxygen atoms in total. The predicted molar refractivity (Wildman–Crippen MR) is 106 cm³/mol. The van der Waals surface area contributed by atoms with Gasteiger partial charge in [-0.25, -0.2) is 0 Å². The molecule has 0 aromatic carbocycles. The van der Waals surface area contributed by atoms with Gasteiger partial charge >= 0.3 is 0 Å². The molecule has 3 heterocycles. The van der Waals surface area contributed by atoms with Gasteiger partial charge < -0.3 is 10.6 Å². The van der Waals surface area contributed by atoms with Crippen LogP contribution in [-0.4, -0.2) is 41.5 Å². The Balaban J connectivity index is 1.27. The Hall–Kier alpha value is -1.92. The molecular formula is C20H26N4OS. The Morgan fingerprint density at radius 1 is 1.19 bits per heavy atom. The highest BCUT2D eigenvalue weighted by atomic mass is 32.1. The second-order valence-electron chi connectivity index (χ2n) is 7.11. The van der Waals surface area contributed by atoms with Crippen molar-refractivity contribution in [1.29, 1.82) is 0 Å².